The third-order valence-corrected chi connectivity index (χ3v) is 7.89. The van der Waals surface area contributed by atoms with Gasteiger partial charge in [0.05, 0.1) is 11.5 Å². The summed E-state index contributed by atoms with van der Waals surface area (Å²) >= 11 is 0. The van der Waals surface area contributed by atoms with Crippen molar-refractivity contribution in [3.05, 3.63) is 59.4 Å². The van der Waals surface area contributed by atoms with Crippen LogP contribution in [0.4, 0.5) is 4.39 Å². The van der Waals surface area contributed by atoms with Gasteiger partial charge in [-0.2, -0.15) is 4.31 Å². The van der Waals surface area contributed by atoms with Crippen molar-refractivity contribution < 1.29 is 17.5 Å². The summed E-state index contributed by atoms with van der Waals surface area (Å²) in [6, 6.07) is 11.0. The fourth-order valence-electron chi connectivity index (χ4n) is 4.29. The molecule has 1 unspecified atom stereocenters. The monoisotopic (exact) mass is 468 g/mol. The van der Waals surface area contributed by atoms with E-state index in [9.17, 15) is 12.8 Å². The van der Waals surface area contributed by atoms with Crippen LogP contribution in [0.2, 0.25) is 0 Å². The van der Waals surface area contributed by atoms with Crippen LogP contribution < -0.4 is 10.1 Å². The lowest BCUT2D eigenvalue weighted by atomic mass is 9.95. The molecule has 31 heavy (non-hydrogen) atoms. The summed E-state index contributed by atoms with van der Waals surface area (Å²) in [5, 5.41) is 3.45. The number of nitrogens with one attached hydrogen (secondary N) is 1. The number of benzene rings is 2. The van der Waals surface area contributed by atoms with E-state index in [4.69, 9.17) is 4.74 Å². The quantitative estimate of drug-likeness (QED) is 0.620. The molecule has 2 aromatic carbocycles. The van der Waals surface area contributed by atoms with Crippen molar-refractivity contribution in [2.75, 3.05) is 26.2 Å². The summed E-state index contributed by atoms with van der Waals surface area (Å²) in [4.78, 5) is 0.122. The Bertz CT molecular complexity index is 963. The number of nitrogens with zero attached hydrogens (tertiary/aromatic N) is 1. The molecule has 5 nitrogen and oxygen atoms in total. The van der Waals surface area contributed by atoms with Gasteiger partial charge in [0.25, 0.3) is 0 Å². The second-order valence-corrected chi connectivity index (χ2v) is 10.1. The Morgan fingerprint density at radius 3 is 2.68 bits per heavy atom. The molecule has 0 bridgehead atoms. The SMILES string of the molecule is Cl.O=S(=O)(c1ccc(F)cc1)N1CCc2ccc(OCCCC3CCCNC3)cc2C1. The second-order valence-electron chi connectivity index (χ2n) is 8.18. The molecule has 2 aromatic rings. The van der Waals surface area contributed by atoms with E-state index in [1.165, 1.54) is 47.8 Å². The minimum absolute atomic E-state index is 0. The van der Waals surface area contributed by atoms with Crippen molar-refractivity contribution in [1.82, 2.24) is 9.62 Å². The van der Waals surface area contributed by atoms with Crippen molar-refractivity contribution in [2.45, 2.75) is 43.5 Å². The van der Waals surface area contributed by atoms with Gasteiger partial charge in [-0.25, -0.2) is 12.8 Å². The zero-order chi connectivity index (χ0) is 21.0. The number of ether oxygens (including phenoxy) is 1. The number of piperidine rings is 1. The van der Waals surface area contributed by atoms with Gasteiger partial charge in [0.15, 0.2) is 0 Å². The first-order valence-corrected chi connectivity index (χ1v) is 12.2. The normalized spacial score (nSPS) is 19.3. The van der Waals surface area contributed by atoms with Crippen molar-refractivity contribution in [3.8, 4) is 5.75 Å². The zero-order valence-corrected chi connectivity index (χ0v) is 19.2. The highest BCUT2D eigenvalue weighted by Gasteiger charge is 2.28. The first-order chi connectivity index (χ1) is 14.5. The van der Waals surface area contributed by atoms with Gasteiger partial charge in [-0.05, 0) is 98.6 Å². The first kappa shape index (κ1) is 24.0. The van der Waals surface area contributed by atoms with Gasteiger partial charge in [-0.1, -0.05) is 6.07 Å². The Balaban J connectivity index is 0.00000272. The Kier molecular flexibility index (Phi) is 8.33. The maximum absolute atomic E-state index is 13.2. The van der Waals surface area contributed by atoms with Crippen LogP contribution in [0.1, 0.15) is 36.8 Å². The molecule has 2 aliphatic heterocycles. The lowest BCUT2D eigenvalue weighted by molar-refractivity contribution is 0.275. The molecule has 0 amide bonds. The highest BCUT2D eigenvalue weighted by Crippen LogP contribution is 2.28. The van der Waals surface area contributed by atoms with Crippen molar-refractivity contribution in [2.24, 2.45) is 5.92 Å². The van der Waals surface area contributed by atoms with E-state index in [0.717, 1.165) is 42.3 Å². The van der Waals surface area contributed by atoms with Crippen LogP contribution >= 0.6 is 12.4 Å². The molecular formula is C23H30ClFN2O3S. The Hall–Kier alpha value is -1.67. The number of sulfonamides is 1. The molecule has 2 aliphatic rings. The van der Waals surface area contributed by atoms with Crippen LogP contribution in [-0.2, 0) is 23.0 Å². The number of halogens is 2. The molecule has 1 fully saturated rings. The van der Waals surface area contributed by atoms with Crippen LogP contribution in [0.25, 0.3) is 0 Å². The fourth-order valence-corrected chi connectivity index (χ4v) is 5.71. The summed E-state index contributed by atoms with van der Waals surface area (Å²) in [5.74, 6) is 1.09. The topological polar surface area (TPSA) is 58.6 Å². The van der Waals surface area contributed by atoms with Crippen LogP contribution in [-0.4, -0.2) is 39.0 Å². The molecule has 0 radical (unpaired) electrons. The average Bonchev–Trinajstić information content (AvgIpc) is 2.77. The Morgan fingerprint density at radius 2 is 1.94 bits per heavy atom. The van der Waals surface area contributed by atoms with Gasteiger partial charge in [0, 0.05) is 13.1 Å². The van der Waals surface area contributed by atoms with Crippen molar-refractivity contribution in [3.63, 3.8) is 0 Å². The molecule has 0 spiro atoms. The third-order valence-electron chi connectivity index (χ3n) is 6.03. The predicted octanol–water partition coefficient (Wildman–Crippen LogP) is 4.15. The summed E-state index contributed by atoms with van der Waals surface area (Å²) in [6.45, 7) is 3.64. The second kappa shape index (κ2) is 10.8. The van der Waals surface area contributed by atoms with Gasteiger partial charge in [0.2, 0.25) is 10.0 Å². The fraction of sp³-hybridized carbons (Fsp3) is 0.478. The van der Waals surface area contributed by atoms with E-state index in [0.29, 0.717) is 26.1 Å². The Morgan fingerprint density at radius 1 is 1.13 bits per heavy atom. The molecule has 1 atom stereocenters. The summed E-state index contributed by atoms with van der Waals surface area (Å²) < 4.78 is 46.4. The van der Waals surface area contributed by atoms with Crippen LogP contribution in [0.15, 0.2) is 47.4 Å². The number of rotatable bonds is 7. The van der Waals surface area contributed by atoms with E-state index in [1.807, 2.05) is 18.2 Å². The highest BCUT2D eigenvalue weighted by molar-refractivity contribution is 7.89. The number of hydrogen-bond acceptors (Lipinski definition) is 4. The van der Waals surface area contributed by atoms with Crippen molar-refractivity contribution >= 4 is 22.4 Å². The summed E-state index contributed by atoms with van der Waals surface area (Å²) in [6.07, 6.45) is 5.40. The minimum atomic E-state index is -3.65. The van der Waals surface area contributed by atoms with Gasteiger partial charge in [-0.3, -0.25) is 0 Å². The summed E-state index contributed by atoms with van der Waals surface area (Å²) in [5.41, 5.74) is 2.13. The molecular weight excluding hydrogens is 439 g/mol. The standard InChI is InChI=1S/C23H29FN2O3S.ClH/c24-21-6-9-23(10-7-21)30(27,28)26-13-11-19-5-8-22(15-20(19)17-26)29-14-2-4-18-3-1-12-25-16-18;/h5-10,15,18,25H,1-4,11-14,16-17H2;1H. The smallest absolute Gasteiger partial charge is 0.243 e. The highest BCUT2D eigenvalue weighted by atomic mass is 35.5. The van der Waals surface area contributed by atoms with E-state index >= 15 is 0 Å². The van der Waals surface area contributed by atoms with Gasteiger partial charge in [0.1, 0.15) is 11.6 Å². The molecule has 1 N–H and O–H groups in total. The van der Waals surface area contributed by atoms with Crippen LogP contribution in [0.5, 0.6) is 5.75 Å². The molecule has 0 saturated carbocycles. The van der Waals surface area contributed by atoms with E-state index in [-0.39, 0.29) is 17.3 Å². The molecule has 4 rings (SSSR count). The third kappa shape index (κ3) is 5.98. The molecule has 1 saturated heterocycles. The molecule has 8 heteroatoms. The number of hydrogen-bond donors (Lipinski definition) is 1. The van der Waals surface area contributed by atoms with Gasteiger partial charge >= 0.3 is 0 Å². The Labute approximate surface area is 190 Å². The molecule has 2 heterocycles. The average molecular weight is 469 g/mol. The largest absolute Gasteiger partial charge is 0.494 e. The molecule has 170 valence electrons. The summed E-state index contributed by atoms with van der Waals surface area (Å²) in [7, 11) is -3.65. The zero-order valence-electron chi connectivity index (χ0n) is 17.6. The number of fused-ring (bicyclic) bond motifs is 1. The predicted molar refractivity (Wildman–Crippen MR) is 122 cm³/mol. The minimum Gasteiger partial charge on any atom is -0.494 e. The van der Waals surface area contributed by atoms with E-state index < -0.39 is 15.8 Å². The van der Waals surface area contributed by atoms with Gasteiger partial charge in [-0.15, -0.1) is 12.4 Å². The molecule has 0 aliphatic carbocycles. The van der Waals surface area contributed by atoms with E-state index in [1.54, 1.807) is 0 Å². The maximum atomic E-state index is 13.2. The maximum Gasteiger partial charge on any atom is 0.243 e. The van der Waals surface area contributed by atoms with Crippen LogP contribution in [0.3, 0.4) is 0 Å². The van der Waals surface area contributed by atoms with Crippen molar-refractivity contribution in [1.29, 1.82) is 0 Å². The first-order valence-electron chi connectivity index (χ1n) is 10.7. The lowest BCUT2D eigenvalue weighted by Gasteiger charge is -2.28. The van der Waals surface area contributed by atoms with E-state index in [2.05, 4.69) is 5.32 Å². The van der Waals surface area contributed by atoms with Crippen LogP contribution in [0, 0.1) is 11.7 Å². The molecule has 0 aromatic heterocycles. The lowest BCUT2D eigenvalue weighted by Crippen LogP contribution is -2.36. The van der Waals surface area contributed by atoms with Gasteiger partial charge < -0.3 is 10.1 Å².